The Hall–Kier alpha value is -3.79. The second-order valence-corrected chi connectivity index (χ2v) is 7.52. The lowest BCUT2D eigenvalue weighted by Gasteiger charge is -2.11. The smallest absolute Gasteiger partial charge is 0.225 e. The topological polar surface area (TPSA) is 113 Å². The molecule has 164 valence electrons. The maximum absolute atomic E-state index is 12.4. The number of amides is 1. The molecule has 0 spiro atoms. The number of hydrogen-bond acceptors (Lipinski definition) is 9. The standard InChI is InChI=1S/C22H20N4O5S/c1-28-14-7-8-16(29-2)15(13-14)23-19(27)9-12-32-22-24-20(17-5-3-10-30-17)21(25-26-22)18-6-4-11-31-18/h3-8,10-11,13H,9,12H2,1-2H3,(H,23,27). The molecule has 10 heteroatoms. The largest absolute Gasteiger partial charge is 0.497 e. The van der Waals surface area contributed by atoms with E-state index in [0.29, 0.717) is 51.0 Å². The fraction of sp³-hybridized carbons (Fsp3) is 0.182. The van der Waals surface area contributed by atoms with Crippen molar-refractivity contribution in [3.63, 3.8) is 0 Å². The number of hydrogen-bond donors (Lipinski definition) is 1. The molecule has 4 rings (SSSR count). The van der Waals surface area contributed by atoms with Crippen molar-refractivity contribution in [2.24, 2.45) is 0 Å². The van der Waals surface area contributed by atoms with Crippen LogP contribution in [0.15, 0.2) is 69.0 Å². The second-order valence-electron chi connectivity index (χ2n) is 6.46. The van der Waals surface area contributed by atoms with Gasteiger partial charge in [-0.15, -0.1) is 10.2 Å². The zero-order chi connectivity index (χ0) is 22.3. The van der Waals surface area contributed by atoms with Gasteiger partial charge in [-0.05, 0) is 36.4 Å². The van der Waals surface area contributed by atoms with Crippen molar-refractivity contribution in [1.29, 1.82) is 0 Å². The van der Waals surface area contributed by atoms with E-state index in [2.05, 4.69) is 20.5 Å². The van der Waals surface area contributed by atoms with Crippen LogP contribution in [0.25, 0.3) is 22.9 Å². The Balaban J connectivity index is 1.42. The van der Waals surface area contributed by atoms with Crippen molar-refractivity contribution in [3.05, 3.63) is 55.0 Å². The van der Waals surface area contributed by atoms with Gasteiger partial charge in [0.2, 0.25) is 11.1 Å². The van der Waals surface area contributed by atoms with E-state index in [1.165, 1.54) is 11.8 Å². The van der Waals surface area contributed by atoms with E-state index in [-0.39, 0.29) is 12.3 Å². The zero-order valence-electron chi connectivity index (χ0n) is 17.4. The van der Waals surface area contributed by atoms with Crippen LogP contribution in [0.5, 0.6) is 11.5 Å². The number of thioether (sulfide) groups is 1. The summed E-state index contributed by atoms with van der Waals surface area (Å²) < 4.78 is 21.4. The van der Waals surface area contributed by atoms with E-state index in [1.54, 1.807) is 69.2 Å². The summed E-state index contributed by atoms with van der Waals surface area (Å²) in [5.41, 5.74) is 1.55. The number of carbonyl (C=O) groups is 1. The van der Waals surface area contributed by atoms with Crippen molar-refractivity contribution in [1.82, 2.24) is 15.2 Å². The van der Waals surface area contributed by atoms with Gasteiger partial charge in [-0.3, -0.25) is 4.79 Å². The minimum Gasteiger partial charge on any atom is -0.497 e. The molecule has 1 aromatic carbocycles. The van der Waals surface area contributed by atoms with Crippen LogP contribution in [-0.2, 0) is 4.79 Å². The Morgan fingerprint density at radius 2 is 1.75 bits per heavy atom. The van der Waals surface area contributed by atoms with Crippen molar-refractivity contribution in [2.45, 2.75) is 11.6 Å². The molecule has 1 N–H and O–H groups in total. The number of methoxy groups -OCH3 is 2. The first-order valence-electron chi connectivity index (χ1n) is 9.65. The van der Waals surface area contributed by atoms with Crippen molar-refractivity contribution in [2.75, 3.05) is 25.3 Å². The van der Waals surface area contributed by atoms with E-state index < -0.39 is 0 Å². The normalized spacial score (nSPS) is 10.7. The Morgan fingerprint density at radius 3 is 2.41 bits per heavy atom. The number of nitrogens with zero attached hydrogens (tertiary/aromatic N) is 3. The zero-order valence-corrected chi connectivity index (χ0v) is 18.2. The Bertz CT molecular complexity index is 1180. The highest BCUT2D eigenvalue weighted by molar-refractivity contribution is 7.99. The van der Waals surface area contributed by atoms with Gasteiger partial charge in [-0.25, -0.2) is 4.98 Å². The quantitative estimate of drug-likeness (QED) is 0.366. The summed E-state index contributed by atoms with van der Waals surface area (Å²) in [6.45, 7) is 0. The molecule has 0 aliphatic rings. The van der Waals surface area contributed by atoms with E-state index in [0.717, 1.165) is 0 Å². The molecule has 0 fully saturated rings. The molecule has 0 saturated carbocycles. The molecule has 0 saturated heterocycles. The van der Waals surface area contributed by atoms with Crippen LogP contribution in [0.3, 0.4) is 0 Å². The van der Waals surface area contributed by atoms with E-state index in [9.17, 15) is 4.79 Å². The van der Waals surface area contributed by atoms with Crippen LogP contribution in [0.1, 0.15) is 6.42 Å². The van der Waals surface area contributed by atoms with Crippen LogP contribution >= 0.6 is 11.8 Å². The first-order chi connectivity index (χ1) is 15.7. The highest BCUT2D eigenvalue weighted by atomic mass is 32.2. The van der Waals surface area contributed by atoms with Crippen LogP contribution in [-0.4, -0.2) is 41.1 Å². The minimum atomic E-state index is -0.171. The molecule has 32 heavy (non-hydrogen) atoms. The monoisotopic (exact) mass is 452 g/mol. The Morgan fingerprint density at radius 1 is 1.00 bits per heavy atom. The van der Waals surface area contributed by atoms with Crippen LogP contribution in [0.2, 0.25) is 0 Å². The summed E-state index contributed by atoms with van der Waals surface area (Å²) in [5.74, 6) is 2.55. The van der Waals surface area contributed by atoms with Crippen molar-refractivity contribution >= 4 is 23.4 Å². The number of benzene rings is 1. The highest BCUT2D eigenvalue weighted by Crippen LogP contribution is 2.31. The molecular weight excluding hydrogens is 432 g/mol. The number of furan rings is 2. The predicted molar refractivity (Wildman–Crippen MR) is 119 cm³/mol. The molecule has 0 unspecified atom stereocenters. The Labute approximate surface area is 188 Å². The summed E-state index contributed by atoms with van der Waals surface area (Å²) in [7, 11) is 3.10. The molecule has 3 aromatic heterocycles. The van der Waals surface area contributed by atoms with Gasteiger partial charge in [0.05, 0.1) is 32.4 Å². The number of rotatable bonds is 9. The van der Waals surface area contributed by atoms with E-state index in [1.807, 2.05) is 0 Å². The number of anilines is 1. The van der Waals surface area contributed by atoms with Gasteiger partial charge in [-0.2, -0.15) is 0 Å². The van der Waals surface area contributed by atoms with Gasteiger partial charge in [-0.1, -0.05) is 11.8 Å². The fourth-order valence-electron chi connectivity index (χ4n) is 2.90. The average molecular weight is 452 g/mol. The molecule has 0 bridgehead atoms. The van der Waals surface area contributed by atoms with Gasteiger partial charge in [0.15, 0.2) is 17.2 Å². The first-order valence-corrected chi connectivity index (χ1v) is 10.6. The second kappa shape index (κ2) is 10.0. The summed E-state index contributed by atoms with van der Waals surface area (Å²) in [5, 5.41) is 11.7. The van der Waals surface area contributed by atoms with Gasteiger partial charge in [0, 0.05) is 18.2 Å². The molecule has 0 aliphatic heterocycles. The Kier molecular flexibility index (Phi) is 6.71. The summed E-state index contributed by atoms with van der Waals surface area (Å²) >= 11 is 1.32. The summed E-state index contributed by atoms with van der Waals surface area (Å²) in [6.07, 6.45) is 3.36. The highest BCUT2D eigenvalue weighted by Gasteiger charge is 2.18. The van der Waals surface area contributed by atoms with E-state index >= 15 is 0 Å². The van der Waals surface area contributed by atoms with E-state index in [4.69, 9.17) is 18.3 Å². The lowest BCUT2D eigenvalue weighted by Crippen LogP contribution is -2.13. The third kappa shape index (κ3) is 4.92. The van der Waals surface area contributed by atoms with Crippen molar-refractivity contribution in [3.8, 4) is 34.4 Å². The maximum Gasteiger partial charge on any atom is 0.225 e. The van der Waals surface area contributed by atoms with Gasteiger partial charge >= 0.3 is 0 Å². The number of aromatic nitrogens is 3. The third-order valence-corrected chi connectivity index (χ3v) is 5.26. The number of carbonyl (C=O) groups excluding carboxylic acids is 1. The van der Waals surface area contributed by atoms with Gasteiger partial charge < -0.3 is 23.6 Å². The molecule has 4 aromatic rings. The SMILES string of the molecule is COc1ccc(OC)c(NC(=O)CCSc2nnc(-c3ccco3)c(-c3ccco3)n2)c1. The average Bonchev–Trinajstić information content (AvgIpc) is 3.53. The van der Waals surface area contributed by atoms with Crippen LogP contribution in [0.4, 0.5) is 5.69 Å². The molecule has 0 radical (unpaired) electrons. The molecule has 1 amide bonds. The fourth-order valence-corrected chi connectivity index (χ4v) is 3.62. The first kappa shape index (κ1) is 21.4. The lowest BCUT2D eigenvalue weighted by molar-refractivity contribution is -0.115. The minimum absolute atomic E-state index is 0.171. The summed E-state index contributed by atoms with van der Waals surface area (Å²) in [6, 6.07) is 12.3. The number of nitrogens with one attached hydrogen (secondary N) is 1. The molecular formula is C22H20N4O5S. The number of ether oxygens (including phenoxy) is 2. The van der Waals surface area contributed by atoms with Gasteiger partial charge in [0.25, 0.3) is 0 Å². The van der Waals surface area contributed by atoms with Crippen LogP contribution < -0.4 is 14.8 Å². The van der Waals surface area contributed by atoms with Crippen LogP contribution in [0, 0.1) is 0 Å². The molecule has 0 aliphatic carbocycles. The van der Waals surface area contributed by atoms with Crippen molar-refractivity contribution < 1.29 is 23.1 Å². The molecule has 0 atom stereocenters. The summed E-state index contributed by atoms with van der Waals surface area (Å²) in [4.78, 5) is 17.0. The molecule has 3 heterocycles. The maximum atomic E-state index is 12.4. The lowest BCUT2D eigenvalue weighted by atomic mass is 10.2. The van der Waals surface area contributed by atoms with Gasteiger partial charge in [0.1, 0.15) is 17.2 Å². The predicted octanol–water partition coefficient (Wildman–Crippen LogP) is 4.53. The third-order valence-electron chi connectivity index (χ3n) is 4.42. The molecule has 9 nitrogen and oxygen atoms in total.